The lowest BCUT2D eigenvalue weighted by Gasteiger charge is -2.18. The summed E-state index contributed by atoms with van der Waals surface area (Å²) in [6.45, 7) is 7.08. The average Bonchev–Trinajstić information content (AvgIpc) is 3.15. The van der Waals surface area contributed by atoms with Crippen molar-refractivity contribution < 1.29 is 9.59 Å². The van der Waals surface area contributed by atoms with Crippen LogP contribution in [0.4, 0.5) is 16.2 Å². The minimum Gasteiger partial charge on any atom is -0.334 e. The normalized spacial score (nSPS) is 12.4. The van der Waals surface area contributed by atoms with Crippen molar-refractivity contribution in [2.45, 2.75) is 33.7 Å². The molecule has 31 heavy (non-hydrogen) atoms. The van der Waals surface area contributed by atoms with Crippen LogP contribution < -0.4 is 15.5 Å². The molecule has 1 heterocycles. The molecule has 0 saturated carbocycles. The Hall–Kier alpha value is -3.60. The van der Waals surface area contributed by atoms with Gasteiger partial charge in [0, 0.05) is 30.0 Å². The number of urea groups is 1. The highest BCUT2D eigenvalue weighted by atomic mass is 16.2. The first kappa shape index (κ1) is 20.7. The number of nitrogens with one attached hydrogen (secondary N) is 2. The van der Waals surface area contributed by atoms with Gasteiger partial charge in [0.25, 0.3) is 5.91 Å². The molecule has 0 atom stereocenters. The third-order valence-electron chi connectivity index (χ3n) is 5.52. The molecule has 0 bridgehead atoms. The molecule has 0 spiro atoms. The van der Waals surface area contributed by atoms with E-state index in [2.05, 4.69) is 22.8 Å². The number of amides is 3. The molecule has 3 amide bonds. The second-order valence-corrected chi connectivity index (χ2v) is 8.22. The lowest BCUT2D eigenvalue weighted by atomic mass is 10.1. The lowest BCUT2D eigenvalue weighted by molar-refractivity contribution is 0.0989. The van der Waals surface area contributed by atoms with Gasteiger partial charge in [-0.15, -0.1) is 0 Å². The number of anilines is 2. The van der Waals surface area contributed by atoms with Crippen LogP contribution in [-0.2, 0) is 13.0 Å². The Labute approximate surface area is 183 Å². The molecule has 1 aliphatic heterocycles. The van der Waals surface area contributed by atoms with Gasteiger partial charge in [-0.25, -0.2) is 4.79 Å². The third-order valence-corrected chi connectivity index (χ3v) is 5.52. The molecule has 0 radical (unpaired) electrons. The Balaban J connectivity index is 1.43. The predicted octanol–water partition coefficient (Wildman–Crippen LogP) is 5.14. The zero-order chi connectivity index (χ0) is 22.0. The Kier molecular flexibility index (Phi) is 5.76. The summed E-state index contributed by atoms with van der Waals surface area (Å²) in [7, 11) is 0. The van der Waals surface area contributed by atoms with Gasteiger partial charge < -0.3 is 15.5 Å². The number of carbonyl (C=O) groups is 2. The van der Waals surface area contributed by atoms with Crippen molar-refractivity contribution in [1.82, 2.24) is 5.32 Å². The van der Waals surface area contributed by atoms with Crippen LogP contribution >= 0.6 is 0 Å². The summed E-state index contributed by atoms with van der Waals surface area (Å²) in [6, 6.07) is 19.4. The van der Waals surface area contributed by atoms with Gasteiger partial charge in [-0.05, 0) is 79.8 Å². The number of carbonyl (C=O) groups excluding carboxylic acids is 2. The second-order valence-electron chi connectivity index (χ2n) is 8.22. The molecule has 3 aromatic carbocycles. The SMILES string of the molecule is Cc1ccc(C(=O)N2CCc3ccc(CNC(=O)Nc4cc(C)cc(C)c4)cc32)cc1. The van der Waals surface area contributed by atoms with E-state index in [1.54, 1.807) is 0 Å². The van der Waals surface area contributed by atoms with Gasteiger partial charge in [-0.3, -0.25) is 4.79 Å². The summed E-state index contributed by atoms with van der Waals surface area (Å²) >= 11 is 0. The quantitative estimate of drug-likeness (QED) is 0.622. The van der Waals surface area contributed by atoms with Gasteiger partial charge in [-0.2, -0.15) is 0 Å². The first-order valence-corrected chi connectivity index (χ1v) is 10.5. The molecule has 0 fully saturated rings. The molecule has 0 unspecified atom stereocenters. The summed E-state index contributed by atoms with van der Waals surface area (Å²) in [5.74, 6) is 0.0106. The van der Waals surface area contributed by atoms with Crippen LogP contribution in [-0.4, -0.2) is 18.5 Å². The van der Waals surface area contributed by atoms with Crippen molar-refractivity contribution in [3.8, 4) is 0 Å². The topological polar surface area (TPSA) is 61.4 Å². The van der Waals surface area contributed by atoms with Crippen LogP contribution in [0.15, 0.2) is 60.7 Å². The van der Waals surface area contributed by atoms with Crippen LogP contribution in [0.2, 0.25) is 0 Å². The summed E-state index contributed by atoms with van der Waals surface area (Å²) < 4.78 is 0. The number of fused-ring (bicyclic) bond motifs is 1. The van der Waals surface area contributed by atoms with Crippen molar-refractivity contribution in [2.24, 2.45) is 0 Å². The number of hydrogen-bond acceptors (Lipinski definition) is 2. The zero-order valence-electron chi connectivity index (χ0n) is 18.2. The Morgan fingerprint density at radius 1 is 0.871 bits per heavy atom. The van der Waals surface area contributed by atoms with Crippen molar-refractivity contribution in [3.63, 3.8) is 0 Å². The average molecular weight is 414 g/mol. The zero-order valence-corrected chi connectivity index (χ0v) is 18.2. The highest BCUT2D eigenvalue weighted by Gasteiger charge is 2.25. The molecule has 3 aromatic rings. The van der Waals surface area contributed by atoms with E-state index in [4.69, 9.17) is 0 Å². The number of nitrogens with zero attached hydrogens (tertiary/aromatic N) is 1. The van der Waals surface area contributed by atoms with E-state index in [1.165, 1.54) is 0 Å². The molecule has 0 aliphatic carbocycles. The fourth-order valence-electron chi connectivity index (χ4n) is 4.00. The van der Waals surface area contributed by atoms with E-state index >= 15 is 0 Å². The van der Waals surface area contributed by atoms with Gasteiger partial charge in [0.2, 0.25) is 0 Å². The minimum absolute atomic E-state index is 0.0106. The molecule has 158 valence electrons. The van der Waals surface area contributed by atoms with Crippen LogP contribution in [0.25, 0.3) is 0 Å². The maximum absolute atomic E-state index is 13.0. The summed E-state index contributed by atoms with van der Waals surface area (Å²) in [4.78, 5) is 27.2. The molecule has 0 aromatic heterocycles. The molecule has 0 saturated heterocycles. The number of aryl methyl sites for hydroxylation is 3. The molecule has 4 rings (SSSR count). The Morgan fingerprint density at radius 3 is 2.29 bits per heavy atom. The fourth-order valence-corrected chi connectivity index (χ4v) is 4.00. The summed E-state index contributed by atoms with van der Waals surface area (Å²) in [5.41, 5.74) is 7.85. The molecule has 2 N–H and O–H groups in total. The van der Waals surface area contributed by atoms with Crippen LogP contribution in [0, 0.1) is 20.8 Å². The Bertz CT molecular complexity index is 1120. The van der Waals surface area contributed by atoms with E-state index in [0.29, 0.717) is 18.7 Å². The maximum atomic E-state index is 13.0. The van der Waals surface area contributed by atoms with Gasteiger partial charge >= 0.3 is 6.03 Å². The van der Waals surface area contributed by atoms with Crippen LogP contribution in [0.1, 0.15) is 38.2 Å². The second kappa shape index (κ2) is 8.64. The van der Waals surface area contributed by atoms with E-state index in [1.807, 2.05) is 74.2 Å². The minimum atomic E-state index is -0.252. The molecular formula is C26H27N3O2. The van der Waals surface area contributed by atoms with E-state index in [0.717, 1.165) is 45.6 Å². The number of benzene rings is 3. The largest absolute Gasteiger partial charge is 0.334 e. The Morgan fingerprint density at radius 2 is 1.58 bits per heavy atom. The first-order valence-electron chi connectivity index (χ1n) is 10.5. The number of hydrogen-bond donors (Lipinski definition) is 2. The third kappa shape index (κ3) is 4.77. The fraction of sp³-hybridized carbons (Fsp3) is 0.231. The van der Waals surface area contributed by atoms with E-state index in [-0.39, 0.29) is 11.9 Å². The summed E-state index contributed by atoms with van der Waals surface area (Å²) in [6.07, 6.45) is 0.841. The molecular weight excluding hydrogens is 386 g/mol. The van der Waals surface area contributed by atoms with Gasteiger partial charge in [-0.1, -0.05) is 35.9 Å². The van der Waals surface area contributed by atoms with Crippen molar-refractivity contribution >= 4 is 23.3 Å². The maximum Gasteiger partial charge on any atom is 0.319 e. The van der Waals surface area contributed by atoms with Crippen molar-refractivity contribution in [2.75, 3.05) is 16.8 Å². The molecule has 5 nitrogen and oxygen atoms in total. The van der Waals surface area contributed by atoms with Gasteiger partial charge in [0.05, 0.1) is 0 Å². The molecule has 5 heteroatoms. The smallest absolute Gasteiger partial charge is 0.319 e. The monoisotopic (exact) mass is 413 g/mol. The van der Waals surface area contributed by atoms with Crippen molar-refractivity contribution in [1.29, 1.82) is 0 Å². The highest BCUT2D eigenvalue weighted by Crippen LogP contribution is 2.30. The standard InChI is InChI=1S/C26H27N3O2/c1-17-4-7-22(8-5-17)25(30)29-11-10-21-9-6-20(15-24(21)29)16-27-26(31)28-23-13-18(2)12-19(3)14-23/h4-9,12-15H,10-11,16H2,1-3H3,(H2,27,28,31). The first-order chi connectivity index (χ1) is 14.9. The van der Waals surface area contributed by atoms with Crippen LogP contribution in [0.5, 0.6) is 0 Å². The molecule has 1 aliphatic rings. The van der Waals surface area contributed by atoms with Crippen molar-refractivity contribution in [3.05, 3.63) is 94.0 Å². The highest BCUT2D eigenvalue weighted by molar-refractivity contribution is 6.07. The number of rotatable bonds is 4. The summed E-state index contributed by atoms with van der Waals surface area (Å²) in [5, 5.41) is 5.79. The van der Waals surface area contributed by atoms with Gasteiger partial charge in [0.1, 0.15) is 0 Å². The predicted molar refractivity (Wildman–Crippen MR) is 125 cm³/mol. The van der Waals surface area contributed by atoms with E-state index < -0.39 is 0 Å². The van der Waals surface area contributed by atoms with E-state index in [9.17, 15) is 9.59 Å². The van der Waals surface area contributed by atoms with Crippen LogP contribution in [0.3, 0.4) is 0 Å². The lowest BCUT2D eigenvalue weighted by Crippen LogP contribution is -2.29. The van der Waals surface area contributed by atoms with Gasteiger partial charge in [0.15, 0.2) is 0 Å².